The van der Waals surface area contributed by atoms with Crippen LogP contribution in [0.15, 0.2) is 35.9 Å². The average Bonchev–Trinajstić information content (AvgIpc) is 2.43. The van der Waals surface area contributed by atoms with Gasteiger partial charge in [0.05, 0.1) is 7.11 Å². The van der Waals surface area contributed by atoms with Crippen LogP contribution in [0.1, 0.15) is 32.3 Å². The molecule has 3 unspecified atom stereocenters. The van der Waals surface area contributed by atoms with E-state index < -0.39 is 0 Å². The van der Waals surface area contributed by atoms with Gasteiger partial charge < -0.3 is 10.1 Å². The molecule has 0 fully saturated rings. The Labute approximate surface area is 127 Å². The van der Waals surface area contributed by atoms with Gasteiger partial charge in [-0.3, -0.25) is 0 Å². The highest BCUT2D eigenvalue weighted by Gasteiger charge is 2.32. The molecule has 1 aromatic carbocycles. The number of nitrogens with one attached hydrogen (secondary N) is 1. The molecule has 0 aliphatic heterocycles. The molecule has 1 N–H and O–H groups in total. The lowest BCUT2D eigenvalue weighted by Gasteiger charge is -2.32. The summed E-state index contributed by atoms with van der Waals surface area (Å²) >= 11 is 0. The zero-order chi connectivity index (χ0) is 15.4. The summed E-state index contributed by atoms with van der Waals surface area (Å²) in [4.78, 5) is 12.2. The van der Waals surface area contributed by atoms with Crippen LogP contribution in [-0.2, 0) is 9.53 Å². The lowest BCUT2D eigenvalue weighted by Crippen LogP contribution is -2.39. The van der Waals surface area contributed by atoms with Gasteiger partial charge in [-0.2, -0.15) is 0 Å². The first-order chi connectivity index (χ1) is 9.99. The number of carbonyl (C=O) groups is 1. The maximum atomic E-state index is 12.2. The van der Waals surface area contributed by atoms with Gasteiger partial charge >= 0.3 is 5.97 Å². The van der Waals surface area contributed by atoms with Crippen molar-refractivity contribution >= 4 is 11.7 Å². The van der Waals surface area contributed by atoms with Gasteiger partial charge in [0, 0.05) is 5.69 Å². The van der Waals surface area contributed by atoms with E-state index in [1.807, 2.05) is 25.1 Å². The van der Waals surface area contributed by atoms with Crippen molar-refractivity contribution in [3.8, 4) is 0 Å². The first kappa shape index (κ1) is 15.6. The Morgan fingerprint density at radius 2 is 2.14 bits per heavy atom. The number of rotatable bonds is 4. The molecule has 1 aliphatic carbocycles. The van der Waals surface area contributed by atoms with Gasteiger partial charge in [-0.1, -0.05) is 30.7 Å². The second-order valence-corrected chi connectivity index (χ2v) is 6.20. The van der Waals surface area contributed by atoms with Gasteiger partial charge in [0.2, 0.25) is 0 Å². The standard InChI is InChI=1S/C18H25NO2/c1-12-6-5-7-16(11-12)19-17(18(20)21-4)15-9-13(2)8-14(3)10-15/h5-8,11,13,15,17,19H,9-10H2,1-4H3. The molecular formula is C18H25NO2. The molecule has 0 saturated carbocycles. The molecule has 3 atom stereocenters. The number of ether oxygens (including phenoxy) is 1. The summed E-state index contributed by atoms with van der Waals surface area (Å²) in [5, 5.41) is 3.38. The zero-order valence-corrected chi connectivity index (χ0v) is 13.3. The second kappa shape index (κ2) is 6.79. The van der Waals surface area contributed by atoms with Crippen molar-refractivity contribution in [1.82, 2.24) is 0 Å². The molecule has 1 aromatic rings. The Morgan fingerprint density at radius 1 is 1.38 bits per heavy atom. The van der Waals surface area contributed by atoms with Crippen LogP contribution in [0.2, 0.25) is 0 Å². The largest absolute Gasteiger partial charge is 0.467 e. The number of anilines is 1. The topological polar surface area (TPSA) is 38.3 Å². The van der Waals surface area contributed by atoms with E-state index in [4.69, 9.17) is 4.74 Å². The quantitative estimate of drug-likeness (QED) is 0.673. The highest BCUT2D eigenvalue weighted by molar-refractivity contribution is 5.79. The zero-order valence-electron chi connectivity index (χ0n) is 13.3. The number of esters is 1. The summed E-state index contributed by atoms with van der Waals surface area (Å²) in [6.07, 6.45) is 4.26. The molecule has 2 rings (SSSR count). The first-order valence-electron chi connectivity index (χ1n) is 7.58. The summed E-state index contributed by atoms with van der Waals surface area (Å²) in [7, 11) is 1.46. The van der Waals surface area contributed by atoms with Crippen LogP contribution in [0.4, 0.5) is 5.69 Å². The number of carbonyl (C=O) groups excluding carboxylic acids is 1. The van der Waals surface area contributed by atoms with E-state index in [1.165, 1.54) is 18.2 Å². The lowest BCUT2D eigenvalue weighted by molar-refractivity contribution is -0.143. The van der Waals surface area contributed by atoms with E-state index in [0.717, 1.165) is 18.5 Å². The van der Waals surface area contributed by atoms with E-state index in [2.05, 4.69) is 31.3 Å². The SMILES string of the molecule is COC(=O)C(Nc1cccc(C)c1)C1CC(C)=CC(C)C1. The normalized spacial score (nSPS) is 23.1. The second-order valence-electron chi connectivity index (χ2n) is 6.20. The summed E-state index contributed by atoms with van der Waals surface area (Å²) in [5.74, 6) is 0.608. The summed E-state index contributed by atoms with van der Waals surface area (Å²) in [5.41, 5.74) is 3.51. The van der Waals surface area contributed by atoms with Crippen LogP contribution >= 0.6 is 0 Å². The van der Waals surface area contributed by atoms with Crippen LogP contribution in [0.5, 0.6) is 0 Å². The van der Waals surface area contributed by atoms with Crippen LogP contribution in [0.3, 0.4) is 0 Å². The van der Waals surface area contributed by atoms with Crippen LogP contribution in [-0.4, -0.2) is 19.1 Å². The van der Waals surface area contributed by atoms with Gasteiger partial charge in [-0.05, 0) is 56.2 Å². The average molecular weight is 287 g/mol. The molecule has 0 radical (unpaired) electrons. The fourth-order valence-corrected chi connectivity index (χ4v) is 3.26. The van der Waals surface area contributed by atoms with Crippen molar-refractivity contribution in [2.75, 3.05) is 12.4 Å². The third-order valence-corrected chi connectivity index (χ3v) is 4.09. The molecule has 0 heterocycles. The molecule has 0 bridgehead atoms. The third-order valence-electron chi connectivity index (χ3n) is 4.09. The van der Waals surface area contributed by atoms with E-state index in [-0.39, 0.29) is 17.9 Å². The summed E-state index contributed by atoms with van der Waals surface area (Å²) in [6, 6.07) is 7.82. The van der Waals surface area contributed by atoms with Crippen LogP contribution < -0.4 is 5.32 Å². The van der Waals surface area contributed by atoms with Crippen molar-refractivity contribution in [2.24, 2.45) is 11.8 Å². The first-order valence-corrected chi connectivity index (χ1v) is 7.58. The van der Waals surface area contributed by atoms with Gasteiger partial charge in [0.1, 0.15) is 6.04 Å². The van der Waals surface area contributed by atoms with Gasteiger partial charge in [-0.25, -0.2) is 4.79 Å². The molecule has 0 amide bonds. The minimum Gasteiger partial charge on any atom is -0.467 e. The minimum absolute atomic E-state index is 0.177. The molecule has 3 heteroatoms. The van der Waals surface area contributed by atoms with Gasteiger partial charge in [-0.15, -0.1) is 0 Å². The van der Waals surface area contributed by atoms with E-state index >= 15 is 0 Å². The predicted octanol–water partition coefficient (Wildman–Crippen LogP) is 3.94. The maximum Gasteiger partial charge on any atom is 0.328 e. The Bertz CT molecular complexity index is 536. The number of methoxy groups -OCH3 is 1. The Morgan fingerprint density at radius 3 is 2.76 bits per heavy atom. The fraction of sp³-hybridized carbons (Fsp3) is 0.500. The molecule has 0 saturated heterocycles. The molecule has 0 spiro atoms. The molecule has 21 heavy (non-hydrogen) atoms. The summed E-state index contributed by atoms with van der Waals surface area (Å²) in [6.45, 7) is 6.40. The maximum absolute atomic E-state index is 12.2. The number of benzene rings is 1. The Balaban J connectivity index is 2.19. The van der Waals surface area contributed by atoms with Crippen molar-refractivity contribution in [2.45, 2.75) is 39.7 Å². The summed E-state index contributed by atoms with van der Waals surface area (Å²) < 4.78 is 5.02. The predicted molar refractivity (Wildman–Crippen MR) is 86.3 cm³/mol. The Kier molecular flexibility index (Phi) is 5.05. The number of allylic oxidation sites excluding steroid dienone is 2. The van der Waals surface area contributed by atoms with E-state index in [1.54, 1.807) is 0 Å². The Hall–Kier alpha value is -1.77. The molecule has 114 valence electrons. The molecule has 0 aromatic heterocycles. The van der Waals surface area contributed by atoms with Crippen molar-refractivity contribution < 1.29 is 9.53 Å². The minimum atomic E-state index is -0.289. The number of hydrogen-bond acceptors (Lipinski definition) is 3. The highest BCUT2D eigenvalue weighted by Crippen LogP contribution is 2.32. The lowest BCUT2D eigenvalue weighted by atomic mass is 9.79. The van der Waals surface area contributed by atoms with E-state index in [9.17, 15) is 4.79 Å². The molecule has 3 nitrogen and oxygen atoms in total. The van der Waals surface area contributed by atoms with Crippen molar-refractivity contribution in [3.05, 3.63) is 41.5 Å². The van der Waals surface area contributed by atoms with Crippen LogP contribution in [0, 0.1) is 18.8 Å². The smallest absolute Gasteiger partial charge is 0.328 e. The third kappa shape index (κ3) is 4.10. The monoisotopic (exact) mass is 287 g/mol. The van der Waals surface area contributed by atoms with Crippen LogP contribution in [0.25, 0.3) is 0 Å². The van der Waals surface area contributed by atoms with Crippen molar-refractivity contribution in [3.63, 3.8) is 0 Å². The molecule has 1 aliphatic rings. The number of aryl methyl sites for hydroxylation is 1. The highest BCUT2D eigenvalue weighted by atomic mass is 16.5. The van der Waals surface area contributed by atoms with Gasteiger partial charge in [0.15, 0.2) is 0 Å². The van der Waals surface area contributed by atoms with E-state index in [0.29, 0.717) is 5.92 Å². The van der Waals surface area contributed by atoms with Crippen molar-refractivity contribution in [1.29, 1.82) is 0 Å². The fourth-order valence-electron chi connectivity index (χ4n) is 3.26. The van der Waals surface area contributed by atoms with Gasteiger partial charge in [0.25, 0.3) is 0 Å². The molecular weight excluding hydrogens is 262 g/mol. The number of hydrogen-bond donors (Lipinski definition) is 1.